The molecular formula is C32H43F. The molecule has 0 heterocycles. The van der Waals surface area contributed by atoms with Crippen LogP contribution in [0, 0.1) is 23.7 Å². The average Bonchev–Trinajstić information content (AvgIpc) is 2.89. The molecule has 2 saturated carbocycles. The molecule has 2 aromatic carbocycles. The molecule has 0 spiro atoms. The summed E-state index contributed by atoms with van der Waals surface area (Å²) in [5, 5.41) is 0. The molecule has 33 heavy (non-hydrogen) atoms. The highest BCUT2D eigenvalue weighted by Crippen LogP contribution is 2.43. The lowest BCUT2D eigenvalue weighted by atomic mass is 9.68. The van der Waals surface area contributed by atoms with E-state index in [4.69, 9.17) is 0 Å². The highest BCUT2D eigenvalue weighted by atomic mass is 19.1. The first-order valence-electron chi connectivity index (χ1n) is 13.6. The summed E-state index contributed by atoms with van der Waals surface area (Å²) < 4.78 is 12.7. The third-order valence-electron chi connectivity index (χ3n) is 8.66. The lowest BCUT2D eigenvalue weighted by molar-refractivity contribution is 0.141. The van der Waals surface area contributed by atoms with Crippen LogP contribution in [0.1, 0.15) is 88.7 Å². The van der Waals surface area contributed by atoms with E-state index in [0.29, 0.717) is 0 Å². The number of rotatable bonds is 9. The number of hydrogen-bond donors (Lipinski definition) is 0. The van der Waals surface area contributed by atoms with Gasteiger partial charge in [-0.3, -0.25) is 0 Å². The second-order valence-corrected chi connectivity index (χ2v) is 10.8. The van der Waals surface area contributed by atoms with E-state index in [-0.39, 0.29) is 6.67 Å². The van der Waals surface area contributed by atoms with E-state index in [1.165, 1.54) is 93.7 Å². The number of allylic oxidation sites excluding steroid dienone is 2. The lowest BCUT2D eigenvalue weighted by Crippen LogP contribution is -2.26. The minimum Gasteiger partial charge on any atom is -0.246 e. The van der Waals surface area contributed by atoms with Crippen molar-refractivity contribution in [2.24, 2.45) is 23.7 Å². The zero-order chi connectivity index (χ0) is 22.9. The minimum atomic E-state index is -0.390. The van der Waals surface area contributed by atoms with Gasteiger partial charge in [0.25, 0.3) is 0 Å². The zero-order valence-electron chi connectivity index (χ0n) is 20.7. The van der Waals surface area contributed by atoms with Crippen molar-refractivity contribution in [1.82, 2.24) is 0 Å². The Kier molecular flexibility index (Phi) is 9.21. The average molecular weight is 447 g/mol. The number of aryl methyl sites for hydroxylation is 1. The second kappa shape index (κ2) is 12.5. The highest BCUT2D eigenvalue weighted by molar-refractivity contribution is 5.63. The molecule has 0 unspecified atom stereocenters. The summed E-state index contributed by atoms with van der Waals surface area (Å²) in [5.74, 6) is 3.96. The van der Waals surface area contributed by atoms with Gasteiger partial charge >= 0.3 is 0 Å². The normalized spacial score (nSPS) is 26.0. The Morgan fingerprint density at radius 3 is 1.64 bits per heavy atom. The maximum Gasteiger partial charge on any atom is 0.115 e. The Labute approximate surface area is 201 Å². The van der Waals surface area contributed by atoms with E-state index >= 15 is 0 Å². The van der Waals surface area contributed by atoms with Crippen LogP contribution < -0.4 is 0 Å². The van der Waals surface area contributed by atoms with Crippen molar-refractivity contribution < 1.29 is 4.39 Å². The Morgan fingerprint density at radius 2 is 1.15 bits per heavy atom. The van der Waals surface area contributed by atoms with Crippen molar-refractivity contribution in [3.8, 4) is 11.1 Å². The molecule has 2 aliphatic carbocycles. The molecule has 0 aromatic heterocycles. The van der Waals surface area contributed by atoms with Crippen molar-refractivity contribution in [3.63, 3.8) is 0 Å². The van der Waals surface area contributed by atoms with Gasteiger partial charge in [0, 0.05) is 0 Å². The van der Waals surface area contributed by atoms with Gasteiger partial charge in [-0.25, -0.2) is 4.39 Å². The third kappa shape index (κ3) is 7.05. The fraction of sp³-hybridized carbons (Fsp3) is 0.562. The zero-order valence-corrected chi connectivity index (χ0v) is 20.7. The Bertz CT molecular complexity index is 831. The van der Waals surface area contributed by atoms with Gasteiger partial charge in [-0.15, -0.1) is 0 Å². The Morgan fingerprint density at radius 1 is 0.667 bits per heavy atom. The third-order valence-corrected chi connectivity index (χ3v) is 8.66. The monoisotopic (exact) mass is 446 g/mol. The highest BCUT2D eigenvalue weighted by Gasteiger charge is 2.30. The predicted molar refractivity (Wildman–Crippen MR) is 140 cm³/mol. The fourth-order valence-corrected chi connectivity index (χ4v) is 6.42. The molecular weight excluding hydrogens is 403 g/mol. The van der Waals surface area contributed by atoms with Gasteiger partial charge in [0.15, 0.2) is 0 Å². The minimum absolute atomic E-state index is 0.390. The molecule has 0 radical (unpaired) electrons. The van der Waals surface area contributed by atoms with Crippen LogP contribution in [-0.2, 0) is 13.1 Å². The quantitative estimate of drug-likeness (QED) is 0.336. The first-order valence-corrected chi connectivity index (χ1v) is 13.6. The van der Waals surface area contributed by atoms with Crippen LogP contribution in [0.5, 0.6) is 0 Å². The SMILES string of the molecule is C/C=C/CC[C@H]1CC[C@H](C2CCC(CCc3ccc(-c4ccc(CF)cc4)cc3)CC2)CC1. The Hall–Kier alpha value is -1.89. The summed E-state index contributed by atoms with van der Waals surface area (Å²) in [6.45, 7) is 1.75. The van der Waals surface area contributed by atoms with Crippen molar-refractivity contribution in [3.05, 3.63) is 71.8 Å². The van der Waals surface area contributed by atoms with E-state index in [1.807, 2.05) is 24.3 Å². The van der Waals surface area contributed by atoms with Crippen molar-refractivity contribution in [2.45, 2.75) is 90.6 Å². The topological polar surface area (TPSA) is 0 Å². The summed E-state index contributed by atoms with van der Waals surface area (Å²) in [6, 6.07) is 16.9. The van der Waals surface area contributed by atoms with Crippen LogP contribution in [0.3, 0.4) is 0 Å². The standard InChI is InChI=1S/C32H43F/c1-2-3-4-5-25-8-16-29(17-9-25)30-18-10-26(11-19-30)6-7-27-12-20-31(21-13-27)32-22-14-28(24-33)15-23-32/h2-3,12-15,20-23,25-26,29-30H,4-11,16-19,24H2,1H3/b3-2+/t25-,26?,29-,30?. The fourth-order valence-electron chi connectivity index (χ4n) is 6.42. The molecule has 2 aliphatic rings. The van der Waals surface area contributed by atoms with E-state index in [0.717, 1.165) is 29.2 Å². The van der Waals surface area contributed by atoms with Crippen molar-refractivity contribution in [2.75, 3.05) is 0 Å². The van der Waals surface area contributed by atoms with E-state index in [9.17, 15) is 4.39 Å². The van der Waals surface area contributed by atoms with Gasteiger partial charge in [0.1, 0.15) is 6.67 Å². The maximum absolute atomic E-state index is 12.7. The summed E-state index contributed by atoms with van der Waals surface area (Å²) >= 11 is 0. The van der Waals surface area contributed by atoms with Crippen molar-refractivity contribution in [1.29, 1.82) is 0 Å². The molecule has 0 atom stereocenters. The number of benzene rings is 2. The van der Waals surface area contributed by atoms with Gasteiger partial charge in [0.2, 0.25) is 0 Å². The van der Waals surface area contributed by atoms with Crippen LogP contribution in [0.2, 0.25) is 0 Å². The molecule has 0 saturated heterocycles. The van der Waals surface area contributed by atoms with Crippen LogP contribution in [0.4, 0.5) is 4.39 Å². The summed E-state index contributed by atoms with van der Waals surface area (Å²) in [7, 11) is 0. The summed E-state index contributed by atoms with van der Waals surface area (Å²) in [5.41, 5.74) is 4.60. The van der Waals surface area contributed by atoms with E-state index < -0.39 is 0 Å². The lowest BCUT2D eigenvalue weighted by Gasteiger charge is -2.38. The Balaban J connectivity index is 1.16. The molecule has 0 amide bonds. The maximum atomic E-state index is 12.7. The number of alkyl halides is 1. The smallest absolute Gasteiger partial charge is 0.115 e. The van der Waals surface area contributed by atoms with Crippen LogP contribution >= 0.6 is 0 Å². The van der Waals surface area contributed by atoms with Crippen LogP contribution in [0.25, 0.3) is 11.1 Å². The van der Waals surface area contributed by atoms with Gasteiger partial charge in [-0.2, -0.15) is 0 Å². The molecule has 178 valence electrons. The molecule has 0 N–H and O–H groups in total. The van der Waals surface area contributed by atoms with Crippen LogP contribution in [-0.4, -0.2) is 0 Å². The molecule has 0 aliphatic heterocycles. The predicted octanol–water partition coefficient (Wildman–Crippen LogP) is 9.72. The number of hydrogen-bond acceptors (Lipinski definition) is 0. The van der Waals surface area contributed by atoms with Gasteiger partial charge in [0.05, 0.1) is 0 Å². The molecule has 2 fully saturated rings. The summed E-state index contributed by atoms with van der Waals surface area (Å²) in [6.07, 6.45) is 21.6. The largest absolute Gasteiger partial charge is 0.246 e. The molecule has 0 bridgehead atoms. The van der Waals surface area contributed by atoms with Crippen molar-refractivity contribution >= 4 is 0 Å². The molecule has 1 heteroatoms. The second-order valence-electron chi connectivity index (χ2n) is 10.8. The van der Waals surface area contributed by atoms with Gasteiger partial charge in [-0.05, 0) is 104 Å². The molecule has 0 nitrogen and oxygen atoms in total. The van der Waals surface area contributed by atoms with E-state index in [2.05, 4.69) is 43.3 Å². The first-order chi connectivity index (χ1) is 16.2. The van der Waals surface area contributed by atoms with E-state index in [1.54, 1.807) is 0 Å². The molecule has 4 rings (SSSR count). The first kappa shape index (κ1) is 24.2. The van der Waals surface area contributed by atoms with Crippen LogP contribution in [0.15, 0.2) is 60.7 Å². The number of halogens is 1. The van der Waals surface area contributed by atoms with Gasteiger partial charge < -0.3 is 0 Å². The van der Waals surface area contributed by atoms with Gasteiger partial charge in [-0.1, -0.05) is 86.4 Å². The molecule has 2 aromatic rings. The summed E-state index contributed by atoms with van der Waals surface area (Å²) in [4.78, 5) is 0.